The Kier molecular flexibility index (Phi) is 8.14. The number of hydrogen-bond donors (Lipinski definition) is 1. The Hall–Kier alpha value is -3.59. The zero-order valence-electron chi connectivity index (χ0n) is 23.8. The minimum Gasteiger partial charge on any atom is -0.490 e. The fourth-order valence-electron chi connectivity index (χ4n) is 6.71. The van der Waals surface area contributed by atoms with Gasteiger partial charge in [-0.3, -0.25) is 24.6 Å². The number of hydrogen-bond acceptors (Lipinski definition) is 7. The first kappa shape index (κ1) is 27.6. The lowest BCUT2D eigenvalue weighted by Gasteiger charge is -2.40. The molecule has 4 heterocycles. The second-order valence-electron chi connectivity index (χ2n) is 11.8. The highest BCUT2D eigenvalue weighted by Crippen LogP contribution is 2.43. The quantitative estimate of drug-likeness (QED) is 0.543. The molecule has 0 spiro atoms. The fourth-order valence-corrected chi connectivity index (χ4v) is 6.71. The van der Waals surface area contributed by atoms with Gasteiger partial charge in [-0.15, -0.1) is 0 Å². The fraction of sp³-hybridized carbons (Fsp3) is 0.531. The van der Waals surface area contributed by atoms with E-state index in [-0.39, 0.29) is 29.9 Å². The predicted octanol–water partition coefficient (Wildman–Crippen LogP) is 3.25. The molecule has 0 aromatic heterocycles. The van der Waals surface area contributed by atoms with Crippen molar-refractivity contribution in [3.05, 3.63) is 53.6 Å². The number of likely N-dealkylation sites (tertiary alicyclic amines) is 2. The van der Waals surface area contributed by atoms with Crippen molar-refractivity contribution in [2.75, 3.05) is 50.8 Å². The van der Waals surface area contributed by atoms with Gasteiger partial charge in [0, 0.05) is 32.4 Å². The lowest BCUT2D eigenvalue weighted by molar-refractivity contribution is -0.135. The van der Waals surface area contributed by atoms with Crippen LogP contribution in [0.3, 0.4) is 0 Å². The lowest BCUT2D eigenvalue weighted by Crippen LogP contribution is -2.54. The molecule has 0 radical (unpaired) electrons. The van der Waals surface area contributed by atoms with Gasteiger partial charge >= 0.3 is 0 Å². The predicted molar refractivity (Wildman–Crippen MR) is 155 cm³/mol. The monoisotopic (exact) mass is 560 g/mol. The highest BCUT2D eigenvalue weighted by atomic mass is 16.5. The van der Waals surface area contributed by atoms with E-state index in [2.05, 4.69) is 40.2 Å². The molecule has 9 nitrogen and oxygen atoms in total. The Morgan fingerprint density at radius 2 is 1.76 bits per heavy atom. The van der Waals surface area contributed by atoms with Gasteiger partial charge in [0.1, 0.15) is 30.3 Å². The molecule has 0 saturated carbocycles. The number of benzene rings is 2. The highest BCUT2D eigenvalue weighted by Gasteiger charge is 2.36. The number of nitrogens with one attached hydrogen (secondary N) is 1. The van der Waals surface area contributed by atoms with Crippen molar-refractivity contribution in [2.24, 2.45) is 0 Å². The molecule has 1 N–H and O–H groups in total. The van der Waals surface area contributed by atoms with Gasteiger partial charge in [0.25, 0.3) is 0 Å². The van der Waals surface area contributed by atoms with Gasteiger partial charge in [-0.05, 0) is 74.5 Å². The third-order valence-corrected chi connectivity index (χ3v) is 8.97. The van der Waals surface area contributed by atoms with Gasteiger partial charge in [-0.2, -0.15) is 0 Å². The summed E-state index contributed by atoms with van der Waals surface area (Å²) in [7, 11) is 0. The topological polar surface area (TPSA) is 91.4 Å². The number of fused-ring (bicyclic) bond motifs is 1. The summed E-state index contributed by atoms with van der Waals surface area (Å²) in [6.07, 6.45) is 4.67. The van der Waals surface area contributed by atoms with Gasteiger partial charge in [0.05, 0.1) is 18.8 Å². The van der Waals surface area contributed by atoms with Crippen LogP contribution in [0.1, 0.15) is 55.6 Å². The first-order valence-electron chi connectivity index (χ1n) is 15.0. The third-order valence-electron chi connectivity index (χ3n) is 8.97. The van der Waals surface area contributed by atoms with Gasteiger partial charge in [-0.1, -0.05) is 24.3 Å². The number of rotatable bonds is 6. The van der Waals surface area contributed by atoms with Crippen molar-refractivity contribution in [3.63, 3.8) is 0 Å². The van der Waals surface area contributed by atoms with E-state index < -0.39 is 0 Å². The number of carbonyl (C=O) groups excluding carboxylic acids is 3. The maximum absolute atomic E-state index is 13.1. The summed E-state index contributed by atoms with van der Waals surface area (Å²) in [6, 6.07) is 14.0. The first-order chi connectivity index (χ1) is 19.9. The molecule has 1 atom stereocenters. The molecule has 9 heteroatoms. The molecule has 4 aliphatic rings. The molecule has 4 aliphatic heterocycles. The third kappa shape index (κ3) is 6.20. The van der Waals surface area contributed by atoms with E-state index in [0.717, 1.165) is 69.0 Å². The molecule has 0 unspecified atom stereocenters. The molecule has 0 bridgehead atoms. The maximum Gasteiger partial charge on any atom is 0.249 e. The minimum absolute atomic E-state index is 0.154. The van der Waals surface area contributed by atoms with Crippen LogP contribution in [-0.4, -0.2) is 85.5 Å². The Bertz CT molecular complexity index is 1280. The van der Waals surface area contributed by atoms with Crippen molar-refractivity contribution >= 4 is 23.4 Å². The number of anilines is 1. The van der Waals surface area contributed by atoms with Crippen LogP contribution in [0.25, 0.3) is 0 Å². The molecular weight excluding hydrogens is 520 g/mol. The Morgan fingerprint density at radius 3 is 2.51 bits per heavy atom. The SMILES string of the molecule is Cc1cccc(OC2CCN(C(=O)CN3CCC(c4cccc5c4OCCN5[C@H]4CCC(=O)NC4=O)CC3)CC2)c1. The maximum atomic E-state index is 13.1. The number of ether oxygens (including phenoxy) is 2. The number of carbonyl (C=O) groups is 3. The highest BCUT2D eigenvalue weighted by molar-refractivity contribution is 6.02. The van der Waals surface area contributed by atoms with Gasteiger partial charge in [0.2, 0.25) is 17.7 Å². The van der Waals surface area contributed by atoms with E-state index >= 15 is 0 Å². The average molecular weight is 561 g/mol. The van der Waals surface area contributed by atoms with E-state index in [0.29, 0.717) is 38.5 Å². The van der Waals surface area contributed by atoms with Crippen LogP contribution in [0.15, 0.2) is 42.5 Å². The summed E-state index contributed by atoms with van der Waals surface area (Å²) in [6.45, 7) is 6.87. The zero-order valence-corrected chi connectivity index (χ0v) is 23.8. The van der Waals surface area contributed by atoms with Crippen molar-refractivity contribution < 1.29 is 23.9 Å². The lowest BCUT2D eigenvalue weighted by atomic mass is 9.87. The van der Waals surface area contributed by atoms with Crippen LogP contribution >= 0.6 is 0 Å². The van der Waals surface area contributed by atoms with Crippen LogP contribution in [0.5, 0.6) is 11.5 Å². The van der Waals surface area contributed by atoms with Crippen molar-refractivity contribution in [2.45, 2.75) is 63.5 Å². The number of imide groups is 1. The second kappa shape index (κ2) is 12.1. The number of amides is 3. The smallest absolute Gasteiger partial charge is 0.249 e. The summed E-state index contributed by atoms with van der Waals surface area (Å²) in [5.74, 6) is 1.90. The second-order valence-corrected chi connectivity index (χ2v) is 11.8. The molecular formula is C32H40N4O5. The minimum atomic E-state index is -0.349. The number of piperidine rings is 3. The van der Waals surface area contributed by atoms with E-state index in [1.54, 1.807) is 0 Å². The zero-order chi connectivity index (χ0) is 28.3. The standard InChI is InChI=1S/C32H40N4O5/c1-22-4-2-5-25(20-22)41-24-12-16-35(17-13-24)30(38)21-34-14-10-23(11-15-34)26-6-3-7-27-31(26)40-19-18-36(27)28-8-9-29(37)33-32(28)39/h2-7,20,23-24,28H,8-19,21H2,1H3,(H,33,37,39)/t28-/m0/s1. The summed E-state index contributed by atoms with van der Waals surface area (Å²) in [5.41, 5.74) is 3.31. The molecule has 41 heavy (non-hydrogen) atoms. The van der Waals surface area contributed by atoms with E-state index in [1.807, 2.05) is 29.2 Å². The van der Waals surface area contributed by atoms with Gasteiger partial charge in [-0.25, -0.2) is 0 Å². The molecule has 3 saturated heterocycles. The summed E-state index contributed by atoms with van der Waals surface area (Å²) >= 11 is 0. The normalized spacial score (nSPS) is 22.6. The van der Waals surface area contributed by atoms with Crippen molar-refractivity contribution in [1.29, 1.82) is 0 Å². The van der Waals surface area contributed by atoms with E-state index in [9.17, 15) is 14.4 Å². The Balaban J connectivity index is 1.01. The molecule has 218 valence electrons. The summed E-state index contributed by atoms with van der Waals surface area (Å²) in [5, 5.41) is 2.49. The molecule has 0 aliphatic carbocycles. The molecule has 2 aromatic carbocycles. The van der Waals surface area contributed by atoms with Gasteiger partial charge in [0.15, 0.2) is 0 Å². The first-order valence-corrected chi connectivity index (χ1v) is 15.0. The largest absolute Gasteiger partial charge is 0.490 e. The van der Waals surface area contributed by atoms with E-state index in [4.69, 9.17) is 9.47 Å². The molecule has 3 amide bonds. The number of nitrogens with zero attached hydrogens (tertiary/aromatic N) is 3. The summed E-state index contributed by atoms with van der Waals surface area (Å²) in [4.78, 5) is 43.7. The van der Waals surface area contributed by atoms with Crippen LogP contribution in [0.4, 0.5) is 5.69 Å². The summed E-state index contributed by atoms with van der Waals surface area (Å²) < 4.78 is 12.3. The number of para-hydroxylation sites is 1. The Morgan fingerprint density at radius 1 is 0.976 bits per heavy atom. The van der Waals surface area contributed by atoms with Crippen molar-refractivity contribution in [3.8, 4) is 11.5 Å². The van der Waals surface area contributed by atoms with Gasteiger partial charge < -0.3 is 19.3 Å². The molecule has 6 rings (SSSR count). The molecule has 2 aromatic rings. The Labute approximate surface area is 241 Å². The van der Waals surface area contributed by atoms with E-state index in [1.165, 1.54) is 11.1 Å². The van der Waals surface area contributed by atoms with Crippen LogP contribution < -0.4 is 19.7 Å². The molecule has 3 fully saturated rings. The number of aryl methyl sites for hydroxylation is 1. The van der Waals surface area contributed by atoms with Crippen LogP contribution in [0, 0.1) is 6.92 Å². The van der Waals surface area contributed by atoms with Crippen molar-refractivity contribution in [1.82, 2.24) is 15.1 Å². The average Bonchev–Trinajstić information content (AvgIpc) is 2.97. The van der Waals surface area contributed by atoms with Crippen LogP contribution in [0.2, 0.25) is 0 Å². The van der Waals surface area contributed by atoms with Crippen LogP contribution in [-0.2, 0) is 14.4 Å².